The molecule has 0 bridgehead atoms. The van der Waals surface area contributed by atoms with Crippen molar-refractivity contribution in [3.05, 3.63) is 12.7 Å². The van der Waals surface area contributed by atoms with Crippen molar-refractivity contribution in [1.29, 1.82) is 0 Å². The number of hydrogen-bond acceptors (Lipinski definition) is 5. The highest BCUT2D eigenvalue weighted by molar-refractivity contribution is 5.84. The Kier molecular flexibility index (Phi) is 5.70. The Labute approximate surface area is 126 Å². The molecule has 3 atom stereocenters. The quantitative estimate of drug-likeness (QED) is 0.508. The van der Waals surface area contributed by atoms with Crippen LogP contribution in [0.25, 0.3) is 0 Å². The smallest absolute Gasteiger partial charge is 0.338 e. The van der Waals surface area contributed by atoms with Gasteiger partial charge in [0.2, 0.25) is 0 Å². The number of rotatable bonds is 8. The summed E-state index contributed by atoms with van der Waals surface area (Å²) in [5, 5.41) is 0. The topological polar surface area (TPSA) is 61.8 Å². The number of Topliss-reactive ketones (excluding diaryl/α,β-unsaturated/α-hetero) is 1. The van der Waals surface area contributed by atoms with Gasteiger partial charge in [-0.25, -0.2) is 4.79 Å². The first-order valence-corrected chi connectivity index (χ1v) is 7.15. The van der Waals surface area contributed by atoms with Crippen LogP contribution in [0.1, 0.15) is 40.0 Å². The van der Waals surface area contributed by atoms with Crippen molar-refractivity contribution in [2.75, 3.05) is 14.2 Å². The molecule has 0 aromatic heterocycles. The summed E-state index contributed by atoms with van der Waals surface area (Å²) in [6.07, 6.45) is 2.49. The van der Waals surface area contributed by atoms with Crippen molar-refractivity contribution < 1.29 is 23.8 Å². The third kappa shape index (κ3) is 3.71. The van der Waals surface area contributed by atoms with Gasteiger partial charge in [0.25, 0.3) is 0 Å². The Bertz CT molecular complexity index is 415. The summed E-state index contributed by atoms with van der Waals surface area (Å²) >= 11 is 0. The second kappa shape index (κ2) is 6.71. The van der Waals surface area contributed by atoms with Gasteiger partial charge in [0.05, 0.1) is 5.60 Å². The van der Waals surface area contributed by atoms with Crippen LogP contribution in [-0.2, 0) is 23.8 Å². The van der Waals surface area contributed by atoms with Crippen molar-refractivity contribution in [2.24, 2.45) is 5.92 Å². The van der Waals surface area contributed by atoms with E-state index in [0.29, 0.717) is 19.3 Å². The Morgan fingerprint density at radius 3 is 2.62 bits per heavy atom. The minimum atomic E-state index is -1.08. The first-order valence-electron chi connectivity index (χ1n) is 7.15. The molecule has 0 aromatic rings. The van der Waals surface area contributed by atoms with Crippen LogP contribution in [0.3, 0.4) is 0 Å². The van der Waals surface area contributed by atoms with Gasteiger partial charge in [0.1, 0.15) is 11.9 Å². The fraction of sp³-hybridized carbons (Fsp3) is 0.750. The summed E-state index contributed by atoms with van der Waals surface area (Å²) in [5.74, 6) is -0.691. The van der Waals surface area contributed by atoms with E-state index in [-0.39, 0.29) is 11.7 Å². The highest BCUT2D eigenvalue weighted by atomic mass is 16.6. The van der Waals surface area contributed by atoms with E-state index in [2.05, 4.69) is 6.58 Å². The van der Waals surface area contributed by atoms with Crippen molar-refractivity contribution in [3.8, 4) is 0 Å². The van der Waals surface area contributed by atoms with Gasteiger partial charge in [0.15, 0.2) is 5.60 Å². The molecule has 0 radical (unpaired) electrons. The molecule has 5 nitrogen and oxygen atoms in total. The number of esters is 1. The number of carbonyl (C=O) groups is 2. The van der Waals surface area contributed by atoms with Gasteiger partial charge in [-0.1, -0.05) is 6.08 Å². The van der Waals surface area contributed by atoms with E-state index in [0.717, 1.165) is 0 Å². The van der Waals surface area contributed by atoms with Gasteiger partial charge in [-0.15, -0.1) is 6.58 Å². The Balaban J connectivity index is 2.97. The number of allylic oxidation sites excluding steroid dienone is 1. The summed E-state index contributed by atoms with van der Waals surface area (Å²) in [5.41, 5.74) is -1.68. The van der Waals surface area contributed by atoms with Crippen LogP contribution in [0.5, 0.6) is 0 Å². The monoisotopic (exact) mass is 298 g/mol. The van der Waals surface area contributed by atoms with Gasteiger partial charge in [0, 0.05) is 26.6 Å². The second-order valence-electron chi connectivity index (χ2n) is 6.14. The molecule has 5 heteroatoms. The van der Waals surface area contributed by atoms with E-state index in [1.54, 1.807) is 13.2 Å². The molecule has 1 aliphatic rings. The van der Waals surface area contributed by atoms with Gasteiger partial charge < -0.3 is 14.2 Å². The van der Waals surface area contributed by atoms with Crippen molar-refractivity contribution in [3.63, 3.8) is 0 Å². The predicted octanol–water partition coefficient (Wildman–Crippen LogP) is 2.28. The summed E-state index contributed by atoms with van der Waals surface area (Å²) < 4.78 is 16.3. The highest BCUT2D eigenvalue weighted by Gasteiger charge is 2.55. The van der Waals surface area contributed by atoms with E-state index in [9.17, 15) is 9.59 Å². The Morgan fingerprint density at radius 2 is 2.19 bits per heavy atom. The molecule has 0 aromatic carbocycles. The molecule has 1 fully saturated rings. The molecule has 1 saturated heterocycles. The van der Waals surface area contributed by atoms with Crippen LogP contribution in [0.2, 0.25) is 0 Å². The lowest BCUT2D eigenvalue weighted by atomic mass is 9.82. The molecule has 0 N–H and O–H groups in total. The van der Waals surface area contributed by atoms with Crippen molar-refractivity contribution >= 4 is 11.8 Å². The largest absolute Gasteiger partial charge is 0.457 e. The summed E-state index contributed by atoms with van der Waals surface area (Å²) in [7, 11) is 3.06. The Morgan fingerprint density at radius 1 is 1.57 bits per heavy atom. The molecule has 21 heavy (non-hydrogen) atoms. The lowest BCUT2D eigenvalue weighted by molar-refractivity contribution is -0.164. The number of methoxy groups -OCH3 is 2. The fourth-order valence-electron chi connectivity index (χ4n) is 2.59. The molecule has 1 unspecified atom stereocenters. The minimum Gasteiger partial charge on any atom is -0.457 e. The number of cyclic esters (lactones) is 1. The summed E-state index contributed by atoms with van der Waals surface area (Å²) in [4.78, 5) is 24.1. The van der Waals surface area contributed by atoms with Crippen LogP contribution in [-0.4, -0.2) is 43.3 Å². The molecular formula is C16H26O5. The van der Waals surface area contributed by atoms with E-state index >= 15 is 0 Å². The molecular weight excluding hydrogens is 272 g/mol. The molecule has 0 amide bonds. The zero-order valence-corrected chi connectivity index (χ0v) is 13.6. The summed E-state index contributed by atoms with van der Waals surface area (Å²) in [6, 6.07) is 0. The first-order chi connectivity index (χ1) is 9.72. The van der Waals surface area contributed by atoms with Gasteiger partial charge in [-0.3, -0.25) is 4.79 Å². The van der Waals surface area contributed by atoms with Crippen LogP contribution in [0.15, 0.2) is 12.7 Å². The van der Waals surface area contributed by atoms with Crippen LogP contribution < -0.4 is 0 Å². The average Bonchev–Trinajstić information content (AvgIpc) is 2.76. The third-order valence-corrected chi connectivity index (χ3v) is 4.43. The number of ether oxygens (including phenoxy) is 3. The number of carbonyl (C=O) groups excluding carboxylic acids is 2. The van der Waals surface area contributed by atoms with Crippen LogP contribution in [0.4, 0.5) is 0 Å². The van der Waals surface area contributed by atoms with Crippen molar-refractivity contribution in [1.82, 2.24) is 0 Å². The van der Waals surface area contributed by atoms with Gasteiger partial charge in [-0.2, -0.15) is 0 Å². The second-order valence-corrected chi connectivity index (χ2v) is 6.14. The molecule has 0 aliphatic carbocycles. The molecule has 0 saturated carbocycles. The van der Waals surface area contributed by atoms with E-state index in [1.807, 2.05) is 13.8 Å². The SMILES string of the molecule is C=CCC(C[C@@]1(OC)C[C@H](C(C)(C)OC)OC1=O)C(C)=O. The molecule has 0 spiro atoms. The molecule has 120 valence electrons. The molecule has 1 heterocycles. The first kappa shape index (κ1) is 17.9. The zero-order chi connectivity index (χ0) is 16.3. The number of ketones is 1. The highest BCUT2D eigenvalue weighted by Crippen LogP contribution is 2.40. The van der Waals surface area contributed by atoms with Gasteiger partial charge in [-0.05, 0) is 33.6 Å². The molecule has 1 rings (SSSR count). The van der Waals surface area contributed by atoms with E-state index < -0.39 is 23.3 Å². The maximum atomic E-state index is 12.3. The summed E-state index contributed by atoms with van der Waals surface area (Å²) in [6.45, 7) is 8.91. The van der Waals surface area contributed by atoms with Gasteiger partial charge >= 0.3 is 5.97 Å². The van der Waals surface area contributed by atoms with Crippen molar-refractivity contribution in [2.45, 2.75) is 57.3 Å². The standard InChI is InChI=1S/C16H26O5/c1-7-8-12(11(2)17)9-16(20-6)10-13(21-14(16)18)15(3,4)19-5/h7,12-13H,1,8-10H2,2-6H3/t12?,13-,16-/m1/s1. The average molecular weight is 298 g/mol. The number of hydrogen-bond donors (Lipinski definition) is 0. The fourth-order valence-corrected chi connectivity index (χ4v) is 2.59. The van der Waals surface area contributed by atoms with E-state index in [1.165, 1.54) is 14.0 Å². The predicted molar refractivity (Wildman–Crippen MR) is 78.9 cm³/mol. The Hall–Kier alpha value is -1.20. The van der Waals surface area contributed by atoms with Crippen LogP contribution in [0, 0.1) is 5.92 Å². The zero-order valence-electron chi connectivity index (χ0n) is 13.6. The molecule has 1 aliphatic heterocycles. The van der Waals surface area contributed by atoms with E-state index in [4.69, 9.17) is 14.2 Å². The lowest BCUT2D eigenvalue weighted by Gasteiger charge is -2.30. The normalized spacial score (nSPS) is 27.3. The third-order valence-electron chi connectivity index (χ3n) is 4.43. The maximum Gasteiger partial charge on any atom is 0.338 e. The minimum absolute atomic E-state index is 0.0218. The lowest BCUT2D eigenvalue weighted by Crippen LogP contribution is -2.42. The van der Waals surface area contributed by atoms with Crippen LogP contribution >= 0.6 is 0 Å². The maximum absolute atomic E-state index is 12.3.